The monoisotopic (exact) mass is 293 g/mol. The van der Waals surface area contributed by atoms with Crippen molar-refractivity contribution in [2.45, 2.75) is 0 Å². The summed E-state index contributed by atoms with van der Waals surface area (Å²) in [5.74, 6) is 0.894. The van der Waals surface area contributed by atoms with Crippen LogP contribution in [0.3, 0.4) is 0 Å². The molecular weight excluding hydrogens is 278 g/mol. The van der Waals surface area contributed by atoms with Crippen LogP contribution in [-0.2, 0) is 7.05 Å². The highest BCUT2D eigenvalue weighted by atomic mass is 32.1. The number of thiophene rings is 1. The Balaban J connectivity index is 1.92. The van der Waals surface area contributed by atoms with Crippen molar-refractivity contribution in [2.75, 3.05) is 7.11 Å². The SMILES string of the molecule is COc1ccc(-c2cc3c4ccccc4n(C)c3s2)cc1. The molecule has 0 fully saturated rings. The Bertz CT molecular complexity index is 931. The predicted molar refractivity (Wildman–Crippen MR) is 90.3 cm³/mol. The fraction of sp³-hybridized carbons (Fsp3) is 0.111. The average Bonchev–Trinajstić information content (AvgIpc) is 3.08. The molecule has 0 aliphatic heterocycles. The minimum atomic E-state index is 0.894. The zero-order valence-corrected chi connectivity index (χ0v) is 12.8. The molecule has 0 aliphatic carbocycles. The van der Waals surface area contributed by atoms with E-state index in [0.29, 0.717) is 0 Å². The first-order valence-corrected chi connectivity index (χ1v) is 7.71. The van der Waals surface area contributed by atoms with Gasteiger partial charge in [-0.2, -0.15) is 0 Å². The quantitative estimate of drug-likeness (QED) is 0.503. The van der Waals surface area contributed by atoms with Crippen LogP contribution in [0.4, 0.5) is 0 Å². The van der Waals surface area contributed by atoms with Gasteiger partial charge in [0.05, 0.1) is 7.11 Å². The molecule has 0 bridgehead atoms. The zero-order valence-electron chi connectivity index (χ0n) is 12.0. The molecule has 0 saturated heterocycles. The van der Waals surface area contributed by atoms with Crippen LogP contribution in [0.25, 0.3) is 31.6 Å². The minimum Gasteiger partial charge on any atom is -0.497 e. The molecule has 3 heteroatoms. The number of rotatable bonds is 2. The Labute approximate surface area is 127 Å². The van der Waals surface area contributed by atoms with Crippen molar-refractivity contribution >= 4 is 32.5 Å². The number of hydrogen-bond acceptors (Lipinski definition) is 2. The number of para-hydroxylation sites is 1. The van der Waals surface area contributed by atoms with Crippen molar-refractivity contribution < 1.29 is 4.74 Å². The summed E-state index contributed by atoms with van der Waals surface area (Å²) in [6, 6.07) is 19.1. The van der Waals surface area contributed by atoms with Gasteiger partial charge in [-0.15, -0.1) is 11.3 Å². The maximum Gasteiger partial charge on any atom is 0.118 e. The van der Waals surface area contributed by atoms with Crippen LogP contribution in [0.1, 0.15) is 0 Å². The van der Waals surface area contributed by atoms with Gasteiger partial charge in [0.1, 0.15) is 10.6 Å². The lowest BCUT2D eigenvalue weighted by Gasteiger charge is -2.01. The molecule has 0 N–H and O–H groups in total. The highest BCUT2D eigenvalue weighted by molar-refractivity contribution is 7.22. The van der Waals surface area contributed by atoms with E-state index in [4.69, 9.17) is 4.74 Å². The largest absolute Gasteiger partial charge is 0.497 e. The van der Waals surface area contributed by atoms with E-state index in [2.05, 4.69) is 54.1 Å². The molecule has 0 atom stereocenters. The second-order valence-electron chi connectivity index (χ2n) is 5.13. The Morgan fingerprint density at radius 2 is 1.71 bits per heavy atom. The van der Waals surface area contributed by atoms with Crippen molar-refractivity contribution in [3.05, 3.63) is 54.6 Å². The third-order valence-corrected chi connectivity index (χ3v) is 5.21. The second kappa shape index (κ2) is 4.64. The van der Waals surface area contributed by atoms with Crippen LogP contribution in [0.15, 0.2) is 54.6 Å². The van der Waals surface area contributed by atoms with Gasteiger partial charge < -0.3 is 9.30 Å². The lowest BCUT2D eigenvalue weighted by Crippen LogP contribution is -1.83. The van der Waals surface area contributed by atoms with Gasteiger partial charge in [-0.25, -0.2) is 0 Å². The zero-order chi connectivity index (χ0) is 14.4. The van der Waals surface area contributed by atoms with E-state index in [9.17, 15) is 0 Å². The van der Waals surface area contributed by atoms with Gasteiger partial charge in [-0.05, 0) is 42.0 Å². The van der Waals surface area contributed by atoms with Crippen LogP contribution in [0.2, 0.25) is 0 Å². The van der Waals surface area contributed by atoms with E-state index in [-0.39, 0.29) is 0 Å². The molecule has 2 nitrogen and oxygen atoms in total. The van der Waals surface area contributed by atoms with Crippen LogP contribution in [0, 0.1) is 0 Å². The lowest BCUT2D eigenvalue weighted by molar-refractivity contribution is 0.415. The summed E-state index contributed by atoms with van der Waals surface area (Å²) in [6.07, 6.45) is 0. The Morgan fingerprint density at radius 3 is 2.48 bits per heavy atom. The number of fused-ring (bicyclic) bond motifs is 3. The van der Waals surface area contributed by atoms with E-state index in [0.717, 1.165) is 5.75 Å². The average molecular weight is 293 g/mol. The van der Waals surface area contributed by atoms with Gasteiger partial charge in [0.15, 0.2) is 0 Å². The van der Waals surface area contributed by atoms with Crippen LogP contribution >= 0.6 is 11.3 Å². The van der Waals surface area contributed by atoms with Gasteiger partial charge >= 0.3 is 0 Å². The van der Waals surface area contributed by atoms with E-state index >= 15 is 0 Å². The topological polar surface area (TPSA) is 14.2 Å². The maximum absolute atomic E-state index is 5.23. The van der Waals surface area contributed by atoms with Crippen molar-refractivity contribution in [3.8, 4) is 16.2 Å². The molecule has 0 aliphatic rings. The van der Waals surface area contributed by atoms with Crippen molar-refractivity contribution in [3.63, 3.8) is 0 Å². The molecule has 4 rings (SSSR count). The molecule has 0 radical (unpaired) electrons. The van der Waals surface area contributed by atoms with E-state index in [1.165, 1.54) is 31.6 Å². The normalized spacial score (nSPS) is 11.3. The summed E-state index contributed by atoms with van der Waals surface area (Å²) in [6.45, 7) is 0. The fourth-order valence-corrected chi connectivity index (χ4v) is 3.98. The van der Waals surface area contributed by atoms with Gasteiger partial charge in [-0.3, -0.25) is 0 Å². The highest BCUT2D eigenvalue weighted by Crippen LogP contribution is 2.39. The lowest BCUT2D eigenvalue weighted by atomic mass is 10.1. The first kappa shape index (κ1) is 12.5. The van der Waals surface area contributed by atoms with Crippen molar-refractivity contribution in [1.82, 2.24) is 4.57 Å². The third kappa shape index (κ3) is 1.85. The second-order valence-corrected chi connectivity index (χ2v) is 6.16. The molecule has 21 heavy (non-hydrogen) atoms. The number of aryl methyl sites for hydroxylation is 1. The number of methoxy groups -OCH3 is 1. The van der Waals surface area contributed by atoms with E-state index in [1.54, 1.807) is 7.11 Å². The van der Waals surface area contributed by atoms with Gasteiger partial charge in [-0.1, -0.05) is 18.2 Å². The van der Waals surface area contributed by atoms with Crippen LogP contribution in [0.5, 0.6) is 5.75 Å². The third-order valence-electron chi connectivity index (χ3n) is 3.95. The number of hydrogen-bond donors (Lipinski definition) is 0. The van der Waals surface area contributed by atoms with Gasteiger partial charge in [0.25, 0.3) is 0 Å². The minimum absolute atomic E-state index is 0.894. The number of aromatic nitrogens is 1. The summed E-state index contributed by atoms with van der Waals surface area (Å²) >= 11 is 1.84. The van der Waals surface area contributed by atoms with Gasteiger partial charge in [0.2, 0.25) is 0 Å². The highest BCUT2D eigenvalue weighted by Gasteiger charge is 2.12. The Kier molecular flexibility index (Phi) is 2.76. The van der Waals surface area contributed by atoms with Gasteiger partial charge in [0, 0.05) is 28.2 Å². The van der Waals surface area contributed by atoms with E-state index < -0.39 is 0 Å². The molecule has 4 aromatic rings. The Morgan fingerprint density at radius 1 is 0.952 bits per heavy atom. The summed E-state index contributed by atoms with van der Waals surface area (Å²) in [7, 11) is 3.83. The molecule has 0 saturated carbocycles. The van der Waals surface area contributed by atoms with Crippen LogP contribution < -0.4 is 4.74 Å². The first-order chi connectivity index (χ1) is 10.3. The molecule has 2 aromatic heterocycles. The smallest absolute Gasteiger partial charge is 0.118 e. The number of benzene rings is 2. The summed E-state index contributed by atoms with van der Waals surface area (Å²) in [5.41, 5.74) is 2.53. The first-order valence-electron chi connectivity index (χ1n) is 6.89. The van der Waals surface area contributed by atoms with Crippen molar-refractivity contribution in [1.29, 1.82) is 0 Å². The van der Waals surface area contributed by atoms with Crippen LogP contribution in [-0.4, -0.2) is 11.7 Å². The molecule has 0 amide bonds. The molecule has 0 unspecified atom stereocenters. The molecular formula is C18H15NOS. The van der Waals surface area contributed by atoms with Crippen molar-refractivity contribution in [2.24, 2.45) is 7.05 Å². The standard InChI is InChI=1S/C18H15NOS/c1-19-16-6-4-3-5-14(16)15-11-17(21-18(15)19)12-7-9-13(20-2)10-8-12/h3-11H,1-2H3. The Hall–Kier alpha value is -2.26. The molecule has 2 heterocycles. The number of ether oxygens (including phenoxy) is 1. The summed E-state index contributed by atoms with van der Waals surface area (Å²) in [4.78, 5) is 2.62. The molecule has 0 spiro atoms. The molecule has 2 aromatic carbocycles. The molecule has 104 valence electrons. The van der Waals surface area contributed by atoms with E-state index in [1.807, 2.05) is 23.5 Å². The maximum atomic E-state index is 5.23. The number of nitrogens with zero attached hydrogens (tertiary/aromatic N) is 1. The fourth-order valence-electron chi connectivity index (χ4n) is 2.82. The summed E-state index contributed by atoms with van der Waals surface area (Å²) in [5, 5.41) is 2.66. The predicted octanol–water partition coefficient (Wildman–Crippen LogP) is 5.07. The summed E-state index contributed by atoms with van der Waals surface area (Å²) < 4.78 is 7.51.